The highest BCUT2D eigenvalue weighted by atomic mass is 32.1. The molecular weight excluding hydrogens is 250 g/mol. The van der Waals surface area contributed by atoms with E-state index >= 15 is 0 Å². The van der Waals surface area contributed by atoms with E-state index in [1.54, 1.807) is 4.88 Å². The van der Waals surface area contributed by atoms with Crippen LogP contribution in [0.4, 0.5) is 0 Å². The highest BCUT2D eigenvalue weighted by molar-refractivity contribution is 7.09. The maximum atomic E-state index is 3.66. The lowest BCUT2D eigenvalue weighted by atomic mass is 9.84. The normalized spacial score (nSPS) is 24.3. The van der Waals surface area contributed by atoms with E-state index in [0.29, 0.717) is 0 Å². The largest absolute Gasteiger partial charge is 0.316 e. The molecule has 0 radical (unpaired) electrons. The molecule has 0 amide bonds. The maximum Gasteiger partial charge on any atom is 0.00453 e. The third kappa shape index (κ3) is 5.27. The molecule has 1 N–H and O–H groups in total. The Bertz CT molecular complexity index is 320. The van der Waals surface area contributed by atoms with Crippen molar-refractivity contribution in [3.05, 3.63) is 22.4 Å². The quantitative estimate of drug-likeness (QED) is 0.554. The second-order valence-electron chi connectivity index (χ2n) is 5.98. The maximum absolute atomic E-state index is 3.66. The molecule has 19 heavy (non-hydrogen) atoms. The van der Waals surface area contributed by atoms with Crippen LogP contribution in [0.2, 0.25) is 0 Å². The fraction of sp³-hybridized carbons (Fsp3) is 0.765. The standard InChI is InChI=1S/C17H29NS/c1-2-12-18-14-16-8-5-3-4-7-15(16)10-11-17-9-6-13-19-17/h6,9,13,15-16,18H,2-5,7-8,10-12,14H2,1H3. The molecule has 108 valence electrons. The number of hydrogen-bond donors (Lipinski definition) is 1. The van der Waals surface area contributed by atoms with Crippen molar-refractivity contribution in [3.8, 4) is 0 Å². The van der Waals surface area contributed by atoms with Crippen LogP contribution in [-0.4, -0.2) is 13.1 Å². The Labute approximate surface area is 122 Å². The molecule has 2 heteroatoms. The number of nitrogens with one attached hydrogen (secondary N) is 1. The molecule has 0 aromatic carbocycles. The summed E-state index contributed by atoms with van der Waals surface area (Å²) in [5.41, 5.74) is 0. The van der Waals surface area contributed by atoms with E-state index in [1.165, 1.54) is 64.5 Å². The van der Waals surface area contributed by atoms with Crippen molar-refractivity contribution in [2.45, 2.75) is 58.3 Å². The monoisotopic (exact) mass is 279 g/mol. The van der Waals surface area contributed by atoms with E-state index in [-0.39, 0.29) is 0 Å². The van der Waals surface area contributed by atoms with Crippen molar-refractivity contribution in [1.29, 1.82) is 0 Å². The third-order valence-corrected chi connectivity index (χ3v) is 5.43. The highest BCUT2D eigenvalue weighted by Gasteiger charge is 2.23. The van der Waals surface area contributed by atoms with Gasteiger partial charge in [0.15, 0.2) is 0 Å². The van der Waals surface area contributed by atoms with E-state index in [9.17, 15) is 0 Å². The van der Waals surface area contributed by atoms with E-state index in [4.69, 9.17) is 0 Å². The van der Waals surface area contributed by atoms with E-state index in [1.807, 2.05) is 11.3 Å². The summed E-state index contributed by atoms with van der Waals surface area (Å²) in [7, 11) is 0. The lowest BCUT2D eigenvalue weighted by Gasteiger charge is -2.25. The second-order valence-corrected chi connectivity index (χ2v) is 7.01. The molecule has 0 bridgehead atoms. The van der Waals surface area contributed by atoms with Gasteiger partial charge in [0.25, 0.3) is 0 Å². The molecule has 1 nitrogen and oxygen atoms in total. The SMILES string of the molecule is CCCNCC1CCCCCC1CCc1cccs1. The Balaban J connectivity index is 1.81. The van der Waals surface area contributed by atoms with Crippen molar-refractivity contribution >= 4 is 11.3 Å². The lowest BCUT2D eigenvalue weighted by molar-refractivity contribution is 0.284. The molecule has 1 aliphatic carbocycles. The molecule has 1 aliphatic rings. The number of thiophene rings is 1. The smallest absolute Gasteiger partial charge is 0.00453 e. The first-order chi connectivity index (χ1) is 9.40. The molecule has 0 saturated heterocycles. The second kappa shape index (κ2) is 8.76. The molecule has 2 rings (SSSR count). The molecule has 2 unspecified atom stereocenters. The topological polar surface area (TPSA) is 12.0 Å². The van der Waals surface area contributed by atoms with Crippen molar-refractivity contribution in [3.63, 3.8) is 0 Å². The summed E-state index contributed by atoms with van der Waals surface area (Å²) in [6.45, 7) is 4.70. The Kier molecular flexibility index (Phi) is 6.94. The highest BCUT2D eigenvalue weighted by Crippen LogP contribution is 2.32. The van der Waals surface area contributed by atoms with Gasteiger partial charge in [0, 0.05) is 4.88 Å². The average Bonchev–Trinajstić information content (AvgIpc) is 2.84. The number of rotatable bonds is 7. The summed E-state index contributed by atoms with van der Waals surface area (Å²) in [5.74, 6) is 1.88. The minimum Gasteiger partial charge on any atom is -0.316 e. The zero-order valence-corrected chi connectivity index (χ0v) is 13.2. The van der Waals surface area contributed by atoms with Crippen LogP contribution in [0.5, 0.6) is 0 Å². The molecule has 1 aromatic heterocycles. The minimum atomic E-state index is 0.925. The Morgan fingerprint density at radius 1 is 1.21 bits per heavy atom. The zero-order valence-electron chi connectivity index (χ0n) is 12.4. The molecular formula is C17H29NS. The van der Waals surface area contributed by atoms with E-state index in [0.717, 1.165) is 11.8 Å². The van der Waals surface area contributed by atoms with Crippen molar-refractivity contribution in [1.82, 2.24) is 5.32 Å². The van der Waals surface area contributed by atoms with Gasteiger partial charge in [-0.05, 0) is 62.1 Å². The Morgan fingerprint density at radius 3 is 2.79 bits per heavy atom. The first-order valence-electron chi connectivity index (χ1n) is 8.13. The molecule has 2 atom stereocenters. The van der Waals surface area contributed by atoms with Crippen molar-refractivity contribution in [2.75, 3.05) is 13.1 Å². The van der Waals surface area contributed by atoms with Gasteiger partial charge in [-0.15, -0.1) is 11.3 Å². The fourth-order valence-corrected chi connectivity index (χ4v) is 4.08. The van der Waals surface area contributed by atoms with Gasteiger partial charge in [-0.25, -0.2) is 0 Å². The molecule has 0 aliphatic heterocycles. The number of aryl methyl sites for hydroxylation is 1. The summed E-state index contributed by atoms with van der Waals surface area (Å²) < 4.78 is 0. The Morgan fingerprint density at radius 2 is 2.05 bits per heavy atom. The molecule has 1 saturated carbocycles. The van der Waals surface area contributed by atoms with Crippen LogP contribution in [0.15, 0.2) is 17.5 Å². The van der Waals surface area contributed by atoms with Gasteiger partial charge in [-0.3, -0.25) is 0 Å². The third-order valence-electron chi connectivity index (χ3n) is 4.49. The van der Waals surface area contributed by atoms with Crippen LogP contribution in [0.1, 0.15) is 56.7 Å². The van der Waals surface area contributed by atoms with Gasteiger partial charge in [-0.2, -0.15) is 0 Å². The molecule has 1 fully saturated rings. The summed E-state index contributed by atoms with van der Waals surface area (Å²) in [6.07, 6.45) is 11.2. The molecule has 1 aromatic rings. The first kappa shape index (κ1) is 15.1. The van der Waals surface area contributed by atoms with Gasteiger partial charge >= 0.3 is 0 Å². The van der Waals surface area contributed by atoms with Gasteiger partial charge < -0.3 is 5.32 Å². The van der Waals surface area contributed by atoms with Gasteiger partial charge in [0.1, 0.15) is 0 Å². The summed E-state index contributed by atoms with van der Waals surface area (Å²) >= 11 is 1.92. The van der Waals surface area contributed by atoms with Crippen LogP contribution in [0.3, 0.4) is 0 Å². The summed E-state index contributed by atoms with van der Waals surface area (Å²) in [6, 6.07) is 4.49. The minimum absolute atomic E-state index is 0.925. The van der Waals surface area contributed by atoms with Crippen LogP contribution >= 0.6 is 11.3 Å². The van der Waals surface area contributed by atoms with Crippen LogP contribution < -0.4 is 5.32 Å². The van der Waals surface area contributed by atoms with Crippen molar-refractivity contribution < 1.29 is 0 Å². The van der Waals surface area contributed by atoms with Crippen LogP contribution in [0, 0.1) is 11.8 Å². The zero-order chi connectivity index (χ0) is 13.3. The van der Waals surface area contributed by atoms with Gasteiger partial charge in [-0.1, -0.05) is 38.7 Å². The summed E-state index contributed by atoms with van der Waals surface area (Å²) in [5, 5.41) is 5.87. The van der Waals surface area contributed by atoms with Gasteiger partial charge in [0.2, 0.25) is 0 Å². The van der Waals surface area contributed by atoms with Gasteiger partial charge in [0.05, 0.1) is 0 Å². The summed E-state index contributed by atoms with van der Waals surface area (Å²) in [4.78, 5) is 1.57. The first-order valence-corrected chi connectivity index (χ1v) is 9.01. The average molecular weight is 279 g/mol. The number of hydrogen-bond acceptors (Lipinski definition) is 2. The van der Waals surface area contributed by atoms with Crippen LogP contribution in [-0.2, 0) is 6.42 Å². The fourth-order valence-electron chi connectivity index (χ4n) is 3.36. The van der Waals surface area contributed by atoms with E-state index < -0.39 is 0 Å². The lowest BCUT2D eigenvalue weighted by Crippen LogP contribution is -2.28. The van der Waals surface area contributed by atoms with E-state index in [2.05, 4.69) is 29.8 Å². The predicted octanol–water partition coefficient (Wildman–Crippen LogP) is 4.88. The Hall–Kier alpha value is -0.340. The predicted molar refractivity (Wildman–Crippen MR) is 85.9 cm³/mol. The van der Waals surface area contributed by atoms with Crippen LogP contribution in [0.25, 0.3) is 0 Å². The molecule has 0 spiro atoms. The van der Waals surface area contributed by atoms with Crippen molar-refractivity contribution in [2.24, 2.45) is 11.8 Å². The molecule has 1 heterocycles.